The highest BCUT2D eigenvalue weighted by Gasteiger charge is 2.13. The van der Waals surface area contributed by atoms with Crippen LogP contribution in [0.4, 0.5) is 0 Å². The van der Waals surface area contributed by atoms with E-state index in [1.807, 2.05) is 61.7 Å². The first-order valence-corrected chi connectivity index (χ1v) is 11.3. The van der Waals surface area contributed by atoms with Crippen LogP contribution in [-0.2, 0) is 23.1 Å². The van der Waals surface area contributed by atoms with Gasteiger partial charge in [0.25, 0.3) is 0 Å². The number of fused-ring (bicyclic) bond motifs is 1. The summed E-state index contributed by atoms with van der Waals surface area (Å²) in [5.41, 5.74) is 4.17. The molecular weight excluding hydrogens is 396 g/mol. The molecule has 2 N–H and O–H groups in total. The standard InChI is InChI=1S/C24H24N2O3S/c1-18-7-10-22(11-8-18)30(27,28)26-14-13-20-16-25-24-15-21(9-12-23(20)24)29-17-19-5-3-2-4-6-19/h2-12,15-16,25-26H,13-14,17H2,1H3. The number of sulfonamides is 1. The number of benzene rings is 3. The van der Waals surface area contributed by atoms with E-state index in [2.05, 4.69) is 9.71 Å². The third-order valence-corrected chi connectivity index (χ3v) is 6.48. The Labute approximate surface area is 176 Å². The summed E-state index contributed by atoms with van der Waals surface area (Å²) in [5, 5.41) is 1.07. The minimum atomic E-state index is -3.50. The monoisotopic (exact) mass is 420 g/mol. The van der Waals surface area contributed by atoms with Crippen molar-refractivity contribution < 1.29 is 13.2 Å². The average Bonchev–Trinajstić information content (AvgIpc) is 3.15. The molecule has 154 valence electrons. The molecule has 0 spiro atoms. The van der Waals surface area contributed by atoms with Crippen molar-refractivity contribution in [1.29, 1.82) is 0 Å². The van der Waals surface area contributed by atoms with E-state index in [-0.39, 0.29) is 4.90 Å². The molecule has 4 aromatic rings. The smallest absolute Gasteiger partial charge is 0.240 e. The molecule has 6 heteroatoms. The second-order valence-corrected chi connectivity index (χ2v) is 9.02. The highest BCUT2D eigenvalue weighted by atomic mass is 32.2. The Bertz CT molecular complexity index is 1230. The van der Waals surface area contributed by atoms with E-state index in [9.17, 15) is 8.42 Å². The predicted octanol–water partition coefficient (Wildman–Crippen LogP) is 4.58. The van der Waals surface area contributed by atoms with Crippen molar-refractivity contribution in [3.63, 3.8) is 0 Å². The topological polar surface area (TPSA) is 71.2 Å². The number of rotatable bonds is 8. The van der Waals surface area contributed by atoms with Gasteiger partial charge in [0, 0.05) is 29.7 Å². The maximum Gasteiger partial charge on any atom is 0.240 e. The maximum atomic E-state index is 12.4. The van der Waals surface area contributed by atoms with Crippen LogP contribution in [0.25, 0.3) is 10.9 Å². The summed E-state index contributed by atoms with van der Waals surface area (Å²) in [4.78, 5) is 3.54. The van der Waals surface area contributed by atoms with Crippen LogP contribution < -0.4 is 9.46 Å². The first-order chi connectivity index (χ1) is 14.5. The van der Waals surface area contributed by atoms with Crippen LogP contribution in [0.15, 0.2) is 83.9 Å². The summed E-state index contributed by atoms with van der Waals surface area (Å²) >= 11 is 0. The fourth-order valence-corrected chi connectivity index (χ4v) is 4.36. The lowest BCUT2D eigenvalue weighted by Crippen LogP contribution is -2.25. The Kier molecular flexibility index (Phi) is 5.88. The number of aromatic amines is 1. The van der Waals surface area contributed by atoms with Crippen molar-refractivity contribution in [1.82, 2.24) is 9.71 Å². The third-order valence-electron chi connectivity index (χ3n) is 5.00. The van der Waals surface area contributed by atoms with Gasteiger partial charge >= 0.3 is 0 Å². The average molecular weight is 421 g/mol. The zero-order valence-corrected chi connectivity index (χ0v) is 17.6. The summed E-state index contributed by atoms with van der Waals surface area (Å²) in [6, 6.07) is 22.8. The van der Waals surface area contributed by atoms with Gasteiger partial charge in [0.1, 0.15) is 12.4 Å². The zero-order valence-electron chi connectivity index (χ0n) is 16.8. The first-order valence-electron chi connectivity index (χ1n) is 9.84. The minimum Gasteiger partial charge on any atom is -0.489 e. The molecule has 1 aromatic heterocycles. The Hall–Kier alpha value is -3.09. The fourth-order valence-electron chi connectivity index (χ4n) is 3.32. The number of aryl methyl sites for hydroxylation is 1. The molecule has 1 heterocycles. The van der Waals surface area contributed by atoms with Gasteiger partial charge in [0.05, 0.1) is 4.90 Å². The lowest BCUT2D eigenvalue weighted by atomic mass is 10.1. The molecule has 0 unspecified atom stereocenters. The van der Waals surface area contributed by atoms with Gasteiger partial charge in [0.2, 0.25) is 10.0 Å². The van der Waals surface area contributed by atoms with Crippen LogP contribution in [0.3, 0.4) is 0 Å². The van der Waals surface area contributed by atoms with Crippen molar-refractivity contribution in [3.8, 4) is 5.75 Å². The van der Waals surface area contributed by atoms with Crippen LogP contribution in [-0.4, -0.2) is 19.9 Å². The number of aromatic nitrogens is 1. The number of ether oxygens (including phenoxy) is 1. The minimum absolute atomic E-state index is 0.284. The van der Waals surface area contributed by atoms with Crippen molar-refractivity contribution in [2.75, 3.05) is 6.54 Å². The number of H-pyrrole nitrogens is 1. The Morgan fingerprint density at radius 2 is 1.73 bits per heavy atom. The Morgan fingerprint density at radius 1 is 0.967 bits per heavy atom. The van der Waals surface area contributed by atoms with E-state index in [1.54, 1.807) is 24.3 Å². The van der Waals surface area contributed by atoms with Gasteiger partial charge in [-0.25, -0.2) is 13.1 Å². The molecule has 0 bridgehead atoms. The van der Waals surface area contributed by atoms with Gasteiger partial charge < -0.3 is 9.72 Å². The Balaban J connectivity index is 1.38. The first kappa shape index (κ1) is 20.2. The van der Waals surface area contributed by atoms with E-state index >= 15 is 0 Å². The van der Waals surface area contributed by atoms with E-state index < -0.39 is 10.0 Å². The lowest BCUT2D eigenvalue weighted by molar-refractivity contribution is 0.306. The van der Waals surface area contributed by atoms with Gasteiger partial charge in [-0.1, -0.05) is 48.0 Å². The number of hydrogen-bond donors (Lipinski definition) is 2. The largest absolute Gasteiger partial charge is 0.489 e. The van der Waals surface area contributed by atoms with E-state index in [1.165, 1.54) is 0 Å². The molecule has 0 saturated heterocycles. The zero-order chi connectivity index (χ0) is 21.0. The van der Waals surface area contributed by atoms with Crippen LogP contribution in [0, 0.1) is 6.92 Å². The SMILES string of the molecule is Cc1ccc(S(=O)(=O)NCCc2c[nH]c3cc(OCc4ccccc4)ccc23)cc1. The summed E-state index contributed by atoms with van der Waals surface area (Å²) in [7, 11) is -3.50. The van der Waals surface area contributed by atoms with Crippen molar-refractivity contribution in [2.45, 2.75) is 24.8 Å². The molecule has 0 aliphatic carbocycles. The molecule has 0 radical (unpaired) electrons. The molecule has 5 nitrogen and oxygen atoms in total. The van der Waals surface area contributed by atoms with Crippen LogP contribution in [0.2, 0.25) is 0 Å². The summed E-state index contributed by atoms with van der Waals surface area (Å²) < 4.78 is 33.4. The lowest BCUT2D eigenvalue weighted by Gasteiger charge is -2.08. The van der Waals surface area contributed by atoms with Crippen LogP contribution in [0.1, 0.15) is 16.7 Å². The number of hydrogen-bond acceptors (Lipinski definition) is 3. The van der Waals surface area contributed by atoms with Gasteiger partial charge in [0.15, 0.2) is 0 Å². The Morgan fingerprint density at radius 3 is 2.50 bits per heavy atom. The summed E-state index contributed by atoms with van der Waals surface area (Å²) in [6.45, 7) is 2.77. The normalized spacial score (nSPS) is 11.6. The molecule has 4 rings (SSSR count). The second kappa shape index (κ2) is 8.73. The molecule has 30 heavy (non-hydrogen) atoms. The second-order valence-electron chi connectivity index (χ2n) is 7.26. The summed E-state index contributed by atoms with van der Waals surface area (Å²) in [6.07, 6.45) is 2.52. The third kappa shape index (κ3) is 4.72. The summed E-state index contributed by atoms with van der Waals surface area (Å²) in [5.74, 6) is 0.792. The van der Waals surface area contributed by atoms with E-state index in [4.69, 9.17) is 4.74 Å². The molecule has 0 fully saturated rings. The van der Waals surface area contributed by atoms with Crippen LogP contribution in [0.5, 0.6) is 5.75 Å². The van der Waals surface area contributed by atoms with Gasteiger partial charge in [-0.3, -0.25) is 0 Å². The van der Waals surface area contributed by atoms with Crippen molar-refractivity contribution >= 4 is 20.9 Å². The van der Waals surface area contributed by atoms with E-state index in [0.717, 1.165) is 33.3 Å². The van der Waals surface area contributed by atoms with Crippen molar-refractivity contribution in [2.24, 2.45) is 0 Å². The number of nitrogens with one attached hydrogen (secondary N) is 2. The maximum absolute atomic E-state index is 12.4. The van der Waals surface area contributed by atoms with E-state index in [0.29, 0.717) is 19.6 Å². The molecule has 0 aliphatic rings. The van der Waals surface area contributed by atoms with Gasteiger partial charge in [-0.05, 0) is 48.7 Å². The quantitative estimate of drug-likeness (QED) is 0.438. The molecule has 0 atom stereocenters. The molecule has 0 aliphatic heterocycles. The van der Waals surface area contributed by atoms with Crippen LogP contribution >= 0.6 is 0 Å². The molecule has 3 aromatic carbocycles. The molecule has 0 amide bonds. The van der Waals surface area contributed by atoms with Gasteiger partial charge in [-0.15, -0.1) is 0 Å². The highest BCUT2D eigenvalue weighted by Crippen LogP contribution is 2.24. The predicted molar refractivity (Wildman–Crippen MR) is 119 cm³/mol. The fraction of sp³-hybridized carbons (Fsp3) is 0.167. The molecule has 0 saturated carbocycles. The highest BCUT2D eigenvalue weighted by molar-refractivity contribution is 7.89. The molecular formula is C24H24N2O3S. The van der Waals surface area contributed by atoms with Crippen molar-refractivity contribution in [3.05, 3.63) is 95.7 Å². The van der Waals surface area contributed by atoms with Gasteiger partial charge in [-0.2, -0.15) is 0 Å².